The fourth-order valence-electron chi connectivity index (χ4n) is 2.55. The lowest BCUT2D eigenvalue weighted by atomic mass is 10.3. The third-order valence-electron chi connectivity index (χ3n) is 3.72. The molecule has 4 aromatic heterocycles. The molecule has 0 unspecified atom stereocenters. The summed E-state index contributed by atoms with van der Waals surface area (Å²) in [6.07, 6.45) is 4.83. The molecule has 0 aliphatic rings. The summed E-state index contributed by atoms with van der Waals surface area (Å²) >= 11 is 0. The van der Waals surface area contributed by atoms with Crippen molar-refractivity contribution < 1.29 is 9.90 Å². The number of amides is 1. The van der Waals surface area contributed by atoms with Crippen molar-refractivity contribution in [1.82, 2.24) is 24.1 Å². The van der Waals surface area contributed by atoms with Crippen LogP contribution in [0.1, 0.15) is 16.2 Å². The number of fused-ring (bicyclic) bond motifs is 2. The number of nitrogens with one attached hydrogen (secondary N) is 1. The largest absolute Gasteiger partial charge is 0.506 e. The van der Waals surface area contributed by atoms with Crippen molar-refractivity contribution in [3.63, 3.8) is 0 Å². The number of carbonyl (C=O) groups is 1. The highest BCUT2D eigenvalue weighted by Crippen LogP contribution is 2.12. The van der Waals surface area contributed by atoms with Gasteiger partial charge in [0, 0.05) is 18.5 Å². The standard InChI is InChI=1S/C17H13N5O3/c23-12-4-5-14-19-11(9-21(14)10-12)8-18-17(25)13-7-16(24)22-6-2-1-3-15(22)20-13/h1-7,9-10,23H,8H2,(H,18,25). The van der Waals surface area contributed by atoms with E-state index in [2.05, 4.69) is 15.3 Å². The highest BCUT2D eigenvalue weighted by atomic mass is 16.3. The molecule has 8 heteroatoms. The van der Waals surface area contributed by atoms with Crippen LogP contribution in [0.15, 0.2) is 59.8 Å². The summed E-state index contributed by atoms with van der Waals surface area (Å²) < 4.78 is 3.03. The van der Waals surface area contributed by atoms with Crippen molar-refractivity contribution in [2.24, 2.45) is 0 Å². The van der Waals surface area contributed by atoms with Gasteiger partial charge in [-0.2, -0.15) is 0 Å². The molecule has 0 saturated carbocycles. The molecule has 4 rings (SSSR count). The lowest BCUT2D eigenvalue weighted by molar-refractivity contribution is 0.0945. The molecule has 2 N–H and O–H groups in total. The molecule has 0 spiro atoms. The Labute approximate surface area is 141 Å². The zero-order valence-electron chi connectivity index (χ0n) is 13.0. The Kier molecular flexibility index (Phi) is 3.42. The second kappa shape index (κ2) is 5.75. The van der Waals surface area contributed by atoms with Gasteiger partial charge in [0.2, 0.25) is 0 Å². The number of hydrogen-bond acceptors (Lipinski definition) is 5. The van der Waals surface area contributed by atoms with Crippen molar-refractivity contribution in [2.45, 2.75) is 6.54 Å². The molecular weight excluding hydrogens is 322 g/mol. The van der Waals surface area contributed by atoms with Crippen LogP contribution in [0.3, 0.4) is 0 Å². The maximum atomic E-state index is 12.3. The van der Waals surface area contributed by atoms with E-state index in [-0.39, 0.29) is 23.5 Å². The van der Waals surface area contributed by atoms with E-state index in [1.165, 1.54) is 22.7 Å². The van der Waals surface area contributed by atoms with Crippen molar-refractivity contribution in [1.29, 1.82) is 0 Å². The van der Waals surface area contributed by atoms with Gasteiger partial charge in [0.05, 0.1) is 18.4 Å². The Morgan fingerprint density at radius 1 is 1.12 bits per heavy atom. The monoisotopic (exact) mass is 335 g/mol. The van der Waals surface area contributed by atoms with Gasteiger partial charge in [-0.1, -0.05) is 6.07 Å². The second-order valence-electron chi connectivity index (χ2n) is 5.48. The minimum Gasteiger partial charge on any atom is -0.506 e. The lowest BCUT2D eigenvalue weighted by Crippen LogP contribution is -2.27. The smallest absolute Gasteiger partial charge is 0.270 e. The third kappa shape index (κ3) is 2.80. The molecule has 0 saturated heterocycles. The predicted octanol–water partition coefficient (Wildman–Crippen LogP) is 0.978. The average molecular weight is 335 g/mol. The van der Waals surface area contributed by atoms with Crippen LogP contribution in [0, 0.1) is 0 Å². The first kappa shape index (κ1) is 14.9. The van der Waals surface area contributed by atoms with Crippen molar-refractivity contribution >= 4 is 17.2 Å². The van der Waals surface area contributed by atoms with E-state index < -0.39 is 5.91 Å². The van der Waals surface area contributed by atoms with E-state index in [0.717, 1.165) is 0 Å². The normalized spacial score (nSPS) is 11.0. The van der Waals surface area contributed by atoms with Crippen LogP contribution < -0.4 is 10.9 Å². The van der Waals surface area contributed by atoms with Gasteiger partial charge in [-0.3, -0.25) is 14.0 Å². The molecular formula is C17H13N5O3. The number of carbonyl (C=O) groups excluding carboxylic acids is 1. The van der Waals surface area contributed by atoms with Crippen LogP contribution in [0.2, 0.25) is 0 Å². The summed E-state index contributed by atoms with van der Waals surface area (Å²) in [5.41, 5.74) is 1.42. The van der Waals surface area contributed by atoms with Gasteiger partial charge in [-0.05, 0) is 24.3 Å². The van der Waals surface area contributed by atoms with Gasteiger partial charge < -0.3 is 14.8 Å². The molecule has 0 aliphatic carbocycles. The van der Waals surface area contributed by atoms with Gasteiger partial charge in [0.1, 0.15) is 22.7 Å². The van der Waals surface area contributed by atoms with Crippen LogP contribution in [-0.4, -0.2) is 29.8 Å². The number of aromatic hydroxyl groups is 1. The first-order valence-corrected chi connectivity index (χ1v) is 7.53. The van der Waals surface area contributed by atoms with Gasteiger partial charge in [-0.15, -0.1) is 0 Å². The quantitative estimate of drug-likeness (QED) is 0.581. The fourth-order valence-corrected chi connectivity index (χ4v) is 2.55. The molecule has 0 bridgehead atoms. The molecule has 0 atom stereocenters. The SMILES string of the molecule is O=C(NCc1cn2cc(O)ccc2n1)c1cc(=O)n2ccccc2n1. The maximum Gasteiger partial charge on any atom is 0.270 e. The van der Waals surface area contributed by atoms with E-state index in [1.807, 2.05) is 0 Å². The summed E-state index contributed by atoms with van der Waals surface area (Å²) in [6, 6.07) is 9.53. The molecule has 4 heterocycles. The number of aromatic nitrogens is 4. The minimum absolute atomic E-state index is 0.0533. The van der Waals surface area contributed by atoms with E-state index in [9.17, 15) is 14.7 Å². The Hall–Kier alpha value is -3.68. The molecule has 0 aromatic carbocycles. The molecule has 4 aromatic rings. The maximum absolute atomic E-state index is 12.3. The Morgan fingerprint density at radius 2 is 2.00 bits per heavy atom. The number of rotatable bonds is 3. The van der Waals surface area contributed by atoms with Gasteiger partial charge in [0.25, 0.3) is 11.5 Å². The molecule has 124 valence electrons. The zero-order chi connectivity index (χ0) is 17.4. The fraction of sp³-hybridized carbons (Fsp3) is 0.0588. The number of imidazole rings is 1. The molecule has 0 aliphatic heterocycles. The topological polar surface area (TPSA) is 101 Å². The summed E-state index contributed by atoms with van der Waals surface area (Å²) in [5.74, 6) is -0.329. The minimum atomic E-state index is -0.455. The van der Waals surface area contributed by atoms with Crippen molar-refractivity contribution in [3.8, 4) is 5.75 Å². The van der Waals surface area contributed by atoms with Gasteiger partial charge in [0.15, 0.2) is 0 Å². The second-order valence-corrected chi connectivity index (χ2v) is 5.48. The van der Waals surface area contributed by atoms with Crippen molar-refractivity contribution in [3.05, 3.63) is 76.7 Å². The average Bonchev–Trinajstić information content (AvgIpc) is 3.01. The Morgan fingerprint density at radius 3 is 2.88 bits per heavy atom. The first-order chi connectivity index (χ1) is 12.1. The molecule has 0 fully saturated rings. The summed E-state index contributed by atoms with van der Waals surface area (Å²) in [7, 11) is 0. The summed E-state index contributed by atoms with van der Waals surface area (Å²) in [4.78, 5) is 32.9. The summed E-state index contributed by atoms with van der Waals surface area (Å²) in [5, 5.41) is 12.2. The zero-order valence-corrected chi connectivity index (χ0v) is 13.0. The highest BCUT2D eigenvalue weighted by Gasteiger charge is 2.11. The number of pyridine rings is 2. The lowest BCUT2D eigenvalue weighted by Gasteiger charge is -2.04. The Balaban J connectivity index is 1.56. The van der Waals surface area contributed by atoms with Gasteiger partial charge in [-0.25, -0.2) is 9.97 Å². The molecule has 1 amide bonds. The molecule has 25 heavy (non-hydrogen) atoms. The predicted molar refractivity (Wildman–Crippen MR) is 89.5 cm³/mol. The van der Waals surface area contributed by atoms with Crippen LogP contribution in [0.25, 0.3) is 11.3 Å². The van der Waals surface area contributed by atoms with Crippen LogP contribution in [0.5, 0.6) is 5.75 Å². The first-order valence-electron chi connectivity index (χ1n) is 7.53. The van der Waals surface area contributed by atoms with E-state index >= 15 is 0 Å². The van der Waals surface area contributed by atoms with E-state index in [0.29, 0.717) is 17.0 Å². The van der Waals surface area contributed by atoms with Crippen LogP contribution in [0.4, 0.5) is 0 Å². The Bertz CT molecular complexity index is 1160. The van der Waals surface area contributed by atoms with E-state index in [1.54, 1.807) is 41.1 Å². The third-order valence-corrected chi connectivity index (χ3v) is 3.72. The van der Waals surface area contributed by atoms with Crippen LogP contribution >= 0.6 is 0 Å². The molecule has 8 nitrogen and oxygen atoms in total. The van der Waals surface area contributed by atoms with Crippen LogP contribution in [-0.2, 0) is 6.54 Å². The summed E-state index contributed by atoms with van der Waals surface area (Å²) in [6.45, 7) is 0.178. The number of hydrogen-bond donors (Lipinski definition) is 2. The molecule has 0 radical (unpaired) electrons. The number of nitrogens with zero attached hydrogens (tertiary/aromatic N) is 4. The van der Waals surface area contributed by atoms with Crippen molar-refractivity contribution in [2.75, 3.05) is 0 Å². The van der Waals surface area contributed by atoms with Gasteiger partial charge >= 0.3 is 0 Å². The van der Waals surface area contributed by atoms with E-state index in [4.69, 9.17) is 0 Å². The highest BCUT2D eigenvalue weighted by molar-refractivity contribution is 5.92.